The summed E-state index contributed by atoms with van der Waals surface area (Å²) in [5, 5.41) is 1.31. The lowest BCUT2D eigenvalue weighted by Gasteiger charge is -2.32. The fourth-order valence-electron chi connectivity index (χ4n) is 3.58. The first-order valence-corrected chi connectivity index (χ1v) is 9.26. The molecule has 0 amide bonds. The molecule has 2 heterocycles. The van der Waals surface area contributed by atoms with E-state index in [1.807, 2.05) is 0 Å². The number of fused-ring (bicyclic) bond motifs is 1. The van der Waals surface area contributed by atoms with Gasteiger partial charge in [0.1, 0.15) is 0 Å². The Labute approximate surface area is 156 Å². The van der Waals surface area contributed by atoms with Gasteiger partial charge in [0.05, 0.1) is 11.2 Å². The Morgan fingerprint density at radius 3 is 2.35 bits per heavy atom. The predicted molar refractivity (Wildman–Crippen MR) is 108 cm³/mol. The number of rotatable bonds is 3. The summed E-state index contributed by atoms with van der Waals surface area (Å²) in [5.74, 6) is 0. The molecule has 3 aromatic rings. The van der Waals surface area contributed by atoms with Crippen molar-refractivity contribution in [2.75, 3.05) is 0 Å². The normalized spacial score (nSPS) is 18.6. The number of hydrogen-bond donors (Lipinski definition) is 0. The lowest BCUT2D eigenvalue weighted by molar-refractivity contribution is 0.00578. The van der Waals surface area contributed by atoms with Crippen molar-refractivity contribution in [3.63, 3.8) is 0 Å². The Hall–Kier alpha value is -2.04. The second-order valence-electron chi connectivity index (χ2n) is 8.29. The monoisotopic (exact) mass is 347 g/mol. The Bertz CT molecular complexity index is 942. The molecule has 0 saturated carbocycles. The van der Waals surface area contributed by atoms with E-state index in [0.29, 0.717) is 0 Å². The molecule has 1 aromatic heterocycles. The van der Waals surface area contributed by atoms with Gasteiger partial charge in [-0.2, -0.15) is 0 Å². The summed E-state index contributed by atoms with van der Waals surface area (Å²) in [6.07, 6.45) is 2.23. The number of benzene rings is 2. The fourth-order valence-corrected chi connectivity index (χ4v) is 3.58. The van der Waals surface area contributed by atoms with Crippen LogP contribution in [0.3, 0.4) is 0 Å². The molecule has 0 spiro atoms. The van der Waals surface area contributed by atoms with Crippen molar-refractivity contribution in [1.82, 2.24) is 4.57 Å². The van der Waals surface area contributed by atoms with Crippen molar-refractivity contribution in [1.29, 1.82) is 0 Å². The second kappa shape index (κ2) is 6.00. The van der Waals surface area contributed by atoms with Crippen LogP contribution in [0.15, 0.2) is 54.7 Å². The molecule has 0 N–H and O–H groups in total. The molecule has 0 radical (unpaired) electrons. The van der Waals surface area contributed by atoms with Crippen LogP contribution in [0.5, 0.6) is 0 Å². The van der Waals surface area contributed by atoms with Crippen LogP contribution in [-0.2, 0) is 15.9 Å². The molecule has 1 fully saturated rings. The van der Waals surface area contributed by atoms with Crippen LogP contribution in [0.1, 0.15) is 38.8 Å². The number of hydrogen-bond acceptors (Lipinski definition) is 2. The van der Waals surface area contributed by atoms with E-state index in [2.05, 4.69) is 93.9 Å². The van der Waals surface area contributed by atoms with E-state index in [-0.39, 0.29) is 18.3 Å². The van der Waals surface area contributed by atoms with Crippen LogP contribution in [0.25, 0.3) is 10.9 Å². The number of aromatic nitrogens is 1. The van der Waals surface area contributed by atoms with Gasteiger partial charge >= 0.3 is 7.12 Å². The second-order valence-corrected chi connectivity index (χ2v) is 8.29. The molecule has 0 aliphatic carbocycles. The van der Waals surface area contributed by atoms with Gasteiger partial charge < -0.3 is 13.9 Å². The highest BCUT2D eigenvalue weighted by molar-refractivity contribution is 6.62. The highest BCUT2D eigenvalue weighted by atomic mass is 16.7. The summed E-state index contributed by atoms with van der Waals surface area (Å²) < 4.78 is 14.7. The van der Waals surface area contributed by atoms with E-state index >= 15 is 0 Å². The maximum absolute atomic E-state index is 6.20. The minimum atomic E-state index is -0.318. The van der Waals surface area contributed by atoms with Crippen LogP contribution >= 0.6 is 0 Å². The Balaban J connectivity index is 1.63. The van der Waals surface area contributed by atoms with Crippen LogP contribution in [0.4, 0.5) is 0 Å². The third-order valence-electron chi connectivity index (χ3n) is 5.82. The molecule has 1 aliphatic rings. The van der Waals surface area contributed by atoms with Gasteiger partial charge in [-0.15, -0.1) is 0 Å². The topological polar surface area (TPSA) is 23.4 Å². The lowest BCUT2D eigenvalue weighted by Crippen LogP contribution is -2.41. The van der Waals surface area contributed by atoms with Crippen molar-refractivity contribution in [2.45, 2.75) is 52.4 Å². The Kier molecular flexibility index (Phi) is 4.01. The van der Waals surface area contributed by atoms with Gasteiger partial charge in [-0.3, -0.25) is 0 Å². The van der Waals surface area contributed by atoms with E-state index in [1.54, 1.807) is 0 Å². The van der Waals surface area contributed by atoms with Gasteiger partial charge in [0.15, 0.2) is 0 Å². The molecule has 0 atom stereocenters. The van der Waals surface area contributed by atoms with Crippen molar-refractivity contribution in [3.8, 4) is 0 Å². The van der Waals surface area contributed by atoms with Crippen molar-refractivity contribution in [2.24, 2.45) is 0 Å². The molecule has 1 aliphatic heterocycles. The largest absolute Gasteiger partial charge is 0.494 e. The summed E-state index contributed by atoms with van der Waals surface area (Å²) in [5.41, 5.74) is 4.27. The zero-order chi connectivity index (χ0) is 18.5. The average Bonchev–Trinajstić information content (AvgIpc) is 3.01. The van der Waals surface area contributed by atoms with E-state index in [0.717, 1.165) is 12.0 Å². The predicted octanol–water partition coefficient (Wildman–Crippen LogP) is 4.30. The van der Waals surface area contributed by atoms with Gasteiger partial charge in [0.25, 0.3) is 0 Å². The standard InChI is InChI=1S/C22H26BNO2/c1-16-14-24(20-12-7-6-11-19(16)20)15-17-9-8-10-18(13-17)23-25-21(2,3)22(4,5)26-23/h6-14H,15H2,1-5H3. The summed E-state index contributed by atoms with van der Waals surface area (Å²) in [4.78, 5) is 0. The summed E-state index contributed by atoms with van der Waals surface area (Å²) >= 11 is 0. The highest BCUT2D eigenvalue weighted by Crippen LogP contribution is 2.36. The molecular formula is C22H26BNO2. The van der Waals surface area contributed by atoms with Crippen LogP contribution in [0.2, 0.25) is 0 Å². The first-order chi connectivity index (χ1) is 12.3. The quantitative estimate of drug-likeness (QED) is 0.660. The first-order valence-electron chi connectivity index (χ1n) is 9.26. The summed E-state index contributed by atoms with van der Waals surface area (Å²) in [7, 11) is -0.317. The van der Waals surface area contributed by atoms with Crippen molar-refractivity contribution in [3.05, 3.63) is 65.9 Å². The minimum Gasteiger partial charge on any atom is -0.399 e. The zero-order valence-electron chi connectivity index (χ0n) is 16.2. The van der Waals surface area contributed by atoms with E-state index in [4.69, 9.17) is 9.31 Å². The third-order valence-corrected chi connectivity index (χ3v) is 5.82. The molecule has 0 bridgehead atoms. The lowest BCUT2D eigenvalue weighted by atomic mass is 9.78. The SMILES string of the molecule is Cc1cn(Cc2cccc(B3OC(C)(C)C(C)(C)O3)c2)c2ccccc12. The van der Waals surface area contributed by atoms with Crippen LogP contribution in [-0.4, -0.2) is 22.9 Å². The van der Waals surface area contributed by atoms with Crippen molar-refractivity contribution < 1.29 is 9.31 Å². The molecule has 3 nitrogen and oxygen atoms in total. The van der Waals surface area contributed by atoms with E-state index in [1.165, 1.54) is 22.0 Å². The molecule has 2 aromatic carbocycles. The van der Waals surface area contributed by atoms with Crippen LogP contribution < -0.4 is 5.46 Å². The van der Waals surface area contributed by atoms with Gasteiger partial charge in [-0.25, -0.2) is 0 Å². The summed E-state index contributed by atoms with van der Waals surface area (Å²) in [6.45, 7) is 11.4. The number of para-hydroxylation sites is 1. The molecular weight excluding hydrogens is 321 g/mol. The molecule has 1 saturated heterocycles. The Morgan fingerprint density at radius 2 is 1.62 bits per heavy atom. The fraction of sp³-hybridized carbons (Fsp3) is 0.364. The molecule has 4 rings (SSSR count). The molecule has 26 heavy (non-hydrogen) atoms. The number of aryl methyl sites for hydroxylation is 1. The van der Waals surface area contributed by atoms with E-state index < -0.39 is 0 Å². The smallest absolute Gasteiger partial charge is 0.399 e. The maximum atomic E-state index is 6.20. The maximum Gasteiger partial charge on any atom is 0.494 e. The van der Waals surface area contributed by atoms with Gasteiger partial charge in [-0.1, -0.05) is 42.5 Å². The Morgan fingerprint density at radius 1 is 0.923 bits per heavy atom. The van der Waals surface area contributed by atoms with Gasteiger partial charge in [0.2, 0.25) is 0 Å². The third kappa shape index (κ3) is 2.87. The highest BCUT2D eigenvalue weighted by Gasteiger charge is 2.51. The molecule has 4 heteroatoms. The average molecular weight is 347 g/mol. The first kappa shape index (κ1) is 17.4. The zero-order valence-corrected chi connectivity index (χ0v) is 16.2. The molecule has 134 valence electrons. The molecule has 0 unspecified atom stereocenters. The summed E-state index contributed by atoms with van der Waals surface area (Å²) in [6, 6.07) is 17.1. The minimum absolute atomic E-state index is 0.317. The number of nitrogens with zero attached hydrogens (tertiary/aromatic N) is 1. The van der Waals surface area contributed by atoms with Gasteiger partial charge in [-0.05, 0) is 57.3 Å². The van der Waals surface area contributed by atoms with E-state index in [9.17, 15) is 0 Å². The van der Waals surface area contributed by atoms with Crippen molar-refractivity contribution >= 4 is 23.5 Å². The van der Waals surface area contributed by atoms with Gasteiger partial charge in [0, 0.05) is 23.6 Å². The van der Waals surface area contributed by atoms with Crippen LogP contribution in [0, 0.1) is 6.92 Å².